The molecule has 0 atom stereocenters. The van der Waals surface area contributed by atoms with Crippen molar-refractivity contribution in [3.8, 4) is 0 Å². The summed E-state index contributed by atoms with van der Waals surface area (Å²) in [5, 5.41) is 3.94. The fraction of sp³-hybridized carbons (Fsp3) is 0.370. The van der Waals surface area contributed by atoms with Crippen LogP contribution in [-0.4, -0.2) is 78.1 Å². The van der Waals surface area contributed by atoms with Crippen LogP contribution in [0.1, 0.15) is 22.5 Å². The van der Waals surface area contributed by atoms with E-state index in [9.17, 15) is 9.59 Å². The van der Waals surface area contributed by atoms with Crippen LogP contribution < -0.4 is 5.32 Å². The van der Waals surface area contributed by atoms with Crippen LogP contribution in [0.2, 0.25) is 0 Å². The van der Waals surface area contributed by atoms with Crippen LogP contribution in [0, 0.1) is 6.92 Å². The van der Waals surface area contributed by atoms with Crippen molar-refractivity contribution in [2.45, 2.75) is 20.0 Å². The lowest BCUT2D eigenvalue weighted by atomic mass is 10.1. The molecule has 2 aromatic heterocycles. The minimum atomic E-state index is -0.135. The highest BCUT2D eigenvalue weighted by Gasteiger charge is 2.24. The molecular formula is C27H31N5O4. The SMILES string of the molecule is Cc1c(CN(C)C(=O)C=Cc2cnc3c(c2)CN(CCN2CCOCC2)C(=O)N3)oc2ccccc12. The fourth-order valence-electron chi connectivity index (χ4n) is 4.54. The Hall–Kier alpha value is -3.69. The van der Waals surface area contributed by atoms with E-state index in [1.165, 1.54) is 0 Å². The van der Waals surface area contributed by atoms with Gasteiger partial charge < -0.3 is 19.0 Å². The first kappa shape index (κ1) is 24.0. The summed E-state index contributed by atoms with van der Waals surface area (Å²) < 4.78 is 11.3. The molecule has 0 spiro atoms. The number of carbonyl (C=O) groups excluding carboxylic acids is 2. The third kappa shape index (κ3) is 5.27. The van der Waals surface area contributed by atoms with E-state index in [2.05, 4.69) is 15.2 Å². The lowest BCUT2D eigenvalue weighted by Gasteiger charge is -2.32. The average Bonchev–Trinajstić information content (AvgIpc) is 3.21. The third-order valence-corrected chi connectivity index (χ3v) is 6.77. The molecule has 4 heterocycles. The number of pyridine rings is 1. The van der Waals surface area contributed by atoms with E-state index in [4.69, 9.17) is 9.15 Å². The second-order valence-corrected chi connectivity index (χ2v) is 9.26. The number of hydrogen-bond donors (Lipinski definition) is 1. The van der Waals surface area contributed by atoms with E-state index < -0.39 is 0 Å². The predicted molar refractivity (Wildman–Crippen MR) is 137 cm³/mol. The van der Waals surface area contributed by atoms with Gasteiger partial charge in [0, 0.05) is 62.0 Å². The number of amides is 3. The quantitative estimate of drug-likeness (QED) is 0.511. The standard InChI is InChI=1S/C27H31N5O4/c1-19-22-5-3-4-6-23(22)36-24(19)18-30(2)25(33)8-7-20-15-21-17-32(27(34)29-26(21)28-16-20)10-9-31-11-13-35-14-12-31/h3-8,15-16H,9-14,17-18H2,1-2H3,(H,28,29,34). The monoisotopic (exact) mass is 489 g/mol. The molecule has 5 rings (SSSR count). The van der Waals surface area contributed by atoms with Crippen molar-refractivity contribution in [1.29, 1.82) is 0 Å². The van der Waals surface area contributed by atoms with Gasteiger partial charge in [-0.05, 0) is 30.7 Å². The number of aryl methyl sites for hydroxylation is 1. The van der Waals surface area contributed by atoms with E-state index in [0.717, 1.165) is 66.3 Å². The Labute approximate surface area is 210 Å². The van der Waals surface area contributed by atoms with Gasteiger partial charge in [0.1, 0.15) is 17.2 Å². The molecular weight excluding hydrogens is 458 g/mol. The number of rotatable bonds is 7. The number of fused-ring (bicyclic) bond motifs is 2. The zero-order valence-electron chi connectivity index (χ0n) is 20.7. The number of nitrogens with one attached hydrogen (secondary N) is 1. The normalized spacial score (nSPS) is 16.4. The zero-order chi connectivity index (χ0) is 25.1. The molecule has 0 aliphatic carbocycles. The van der Waals surface area contributed by atoms with Gasteiger partial charge in [-0.2, -0.15) is 0 Å². The molecule has 1 fully saturated rings. The maximum atomic E-state index is 12.8. The molecule has 2 aliphatic rings. The van der Waals surface area contributed by atoms with Crippen LogP contribution in [0.5, 0.6) is 0 Å². The molecule has 3 aromatic rings. The number of anilines is 1. The van der Waals surface area contributed by atoms with E-state index in [1.54, 1.807) is 35.2 Å². The molecule has 9 nitrogen and oxygen atoms in total. The maximum Gasteiger partial charge on any atom is 0.323 e. The third-order valence-electron chi connectivity index (χ3n) is 6.77. The Balaban J connectivity index is 1.21. The van der Waals surface area contributed by atoms with Crippen molar-refractivity contribution in [1.82, 2.24) is 19.7 Å². The molecule has 3 amide bonds. The topological polar surface area (TPSA) is 91.2 Å². The van der Waals surface area contributed by atoms with Crippen LogP contribution in [0.3, 0.4) is 0 Å². The van der Waals surface area contributed by atoms with Crippen molar-refractivity contribution in [3.63, 3.8) is 0 Å². The number of carbonyl (C=O) groups is 2. The molecule has 0 radical (unpaired) electrons. The van der Waals surface area contributed by atoms with Crippen LogP contribution in [0.15, 0.2) is 47.0 Å². The van der Waals surface area contributed by atoms with E-state index in [0.29, 0.717) is 25.5 Å². The number of para-hydroxylation sites is 1. The van der Waals surface area contributed by atoms with Crippen molar-refractivity contribution in [2.75, 3.05) is 51.8 Å². The summed E-state index contributed by atoms with van der Waals surface area (Å²) in [6.45, 7) is 7.58. The number of ether oxygens (including phenoxy) is 1. The highest BCUT2D eigenvalue weighted by atomic mass is 16.5. The summed E-state index contributed by atoms with van der Waals surface area (Å²) in [6.07, 6.45) is 4.96. The first-order valence-electron chi connectivity index (χ1n) is 12.2. The molecule has 36 heavy (non-hydrogen) atoms. The Morgan fingerprint density at radius 3 is 2.83 bits per heavy atom. The number of nitrogens with zero attached hydrogens (tertiary/aromatic N) is 4. The molecule has 0 saturated carbocycles. The van der Waals surface area contributed by atoms with Gasteiger partial charge in [-0.25, -0.2) is 9.78 Å². The number of benzene rings is 1. The summed E-state index contributed by atoms with van der Waals surface area (Å²) in [6, 6.07) is 9.71. The van der Waals surface area contributed by atoms with E-state index in [1.807, 2.05) is 37.3 Å². The highest BCUT2D eigenvalue weighted by Crippen LogP contribution is 2.26. The molecule has 9 heteroatoms. The Morgan fingerprint density at radius 2 is 2.03 bits per heavy atom. The van der Waals surface area contributed by atoms with Crippen molar-refractivity contribution in [3.05, 3.63) is 65.1 Å². The number of aromatic nitrogens is 1. The fourth-order valence-corrected chi connectivity index (χ4v) is 4.54. The summed E-state index contributed by atoms with van der Waals surface area (Å²) in [5.41, 5.74) is 3.61. The minimum Gasteiger partial charge on any atom is -0.459 e. The van der Waals surface area contributed by atoms with Crippen LogP contribution >= 0.6 is 0 Å². The van der Waals surface area contributed by atoms with Crippen molar-refractivity contribution >= 4 is 34.8 Å². The van der Waals surface area contributed by atoms with Gasteiger partial charge in [0.15, 0.2) is 0 Å². The second-order valence-electron chi connectivity index (χ2n) is 9.26. The van der Waals surface area contributed by atoms with Gasteiger partial charge >= 0.3 is 6.03 Å². The first-order chi connectivity index (χ1) is 17.5. The van der Waals surface area contributed by atoms with Crippen molar-refractivity contribution < 1.29 is 18.7 Å². The summed E-state index contributed by atoms with van der Waals surface area (Å²) in [5.74, 6) is 1.22. The molecule has 1 aromatic carbocycles. The molecule has 1 N–H and O–H groups in total. The first-order valence-corrected chi connectivity index (χ1v) is 12.2. The number of hydrogen-bond acceptors (Lipinski definition) is 6. The van der Waals surface area contributed by atoms with Crippen LogP contribution in [0.25, 0.3) is 17.0 Å². The highest BCUT2D eigenvalue weighted by molar-refractivity contribution is 5.93. The lowest BCUT2D eigenvalue weighted by molar-refractivity contribution is -0.125. The number of furan rings is 1. The van der Waals surface area contributed by atoms with E-state index >= 15 is 0 Å². The van der Waals surface area contributed by atoms with E-state index in [-0.39, 0.29) is 11.9 Å². The maximum absolute atomic E-state index is 12.8. The Kier molecular flexibility index (Phi) is 7.02. The average molecular weight is 490 g/mol. The number of likely N-dealkylation sites (N-methyl/N-ethyl adjacent to an activating group) is 1. The Morgan fingerprint density at radius 1 is 1.22 bits per heavy atom. The van der Waals surface area contributed by atoms with Gasteiger partial charge in [0.05, 0.1) is 26.3 Å². The predicted octanol–water partition coefficient (Wildman–Crippen LogP) is 3.49. The van der Waals surface area contributed by atoms with Gasteiger partial charge in [-0.15, -0.1) is 0 Å². The van der Waals surface area contributed by atoms with Crippen molar-refractivity contribution in [2.24, 2.45) is 0 Å². The zero-order valence-corrected chi connectivity index (χ0v) is 20.7. The largest absolute Gasteiger partial charge is 0.459 e. The summed E-state index contributed by atoms with van der Waals surface area (Å²) in [7, 11) is 1.76. The number of morpholine rings is 1. The van der Waals surface area contributed by atoms with Gasteiger partial charge in [-0.3, -0.25) is 15.0 Å². The molecule has 0 bridgehead atoms. The smallest absolute Gasteiger partial charge is 0.323 e. The van der Waals surface area contributed by atoms with Gasteiger partial charge in [-0.1, -0.05) is 18.2 Å². The summed E-state index contributed by atoms with van der Waals surface area (Å²) in [4.78, 5) is 35.4. The van der Waals surface area contributed by atoms with Crippen LogP contribution in [-0.2, 0) is 22.6 Å². The number of urea groups is 1. The summed E-state index contributed by atoms with van der Waals surface area (Å²) >= 11 is 0. The van der Waals surface area contributed by atoms with Gasteiger partial charge in [0.25, 0.3) is 0 Å². The molecule has 2 aliphatic heterocycles. The minimum absolute atomic E-state index is 0.131. The van der Waals surface area contributed by atoms with Crippen LogP contribution in [0.4, 0.5) is 10.6 Å². The lowest BCUT2D eigenvalue weighted by Crippen LogP contribution is -2.45. The van der Waals surface area contributed by atoms with Gasteiger partial charge in [0.2, 0.25) is 5.91 Å². The molecule has 188 valence electrons. The molecule has 1 saturated heterocycles. The molecule has 0 unspecified atom stereocenters. The Bertz CT molecular complexity index is 1290. The second kappa shape index (κ2) is 10.5.